The molecule has 0 bridgehead atoms. The van der Waals surface area contributed by atoms with Gasteiger partial charge in [0, 0.05) is 6.92 Å². The first-order valence-electron chi connectivity index (χ1n) is 7.72. The summed E-state index contributed by atoms with van der Waals surface area (Å²) in [4.78, 5) is 12.6. The summed E-state index contributed by atoms with van der Waals surface area (Å²) in [6.07, 6.45) is 0. The van der Waals surface area contributed by atoms with Crippen molar-refractivity contribution in [1.82, 2.24) is 10.2 Å². The summed E-state index contributed by atoms with van der Waals surface area (Å²) >= 11 is 0. The summed E-state index contributed by atoms with van der Waals surface area (Å²) in [5.74, 6) is -0.451. The van der Waals surface area contributed by atoms with Gasteiger partial charge in [-0.05, 0) is 31.2 Å². The maximum Gasteiger partial charge on any atom is 0.259 e. The Kier molecular flexibility index (Phi) is 4.74. The van der Waals surface area contributed by atoms with Crippen LogP contribution >= 0.6 is 0 Å². The highest BCUT2D eigenvalue weighted by Crippen LogP contribution is 2.29. The van der Waals surface area contributed by atoms with Gasteiger partial charge in [-0.2, -0.15) is 0 Å². The van der Waals surface area contributed by atoms with Crippen molar-refractivity contribution in [2.75, 3.05) is 11.9 Å². The van der Waals surface area contributed by atoms with Gasteiger partial charge in [0.25, 0.3) is 5.91 Å². The minimum atomic E-state index is -0.588. The van der Waals surface area contributed by atoms with E-state index in [1.807, 2.05) is 0 Å². The number of hydrogen-bond acceptors (Lipinski definition) is 5. The van der Waals surface area contributed by atoms with Crippen LogP contribution in [-0.4, -0.2) is 22.7 Å². The third kappa shape index (κ3) is 3.50. The lowest BCUT2D eigenvalue weighted by Gasteiger charge is -2.12. The van der Waals surface area contributed by atoms with E-state index in [2.05, 4.69) is 15.5 Å². The standard InChI is InChI=1S/C18H16FN3O3/c1-3-24-16-13(8-6-9-14(16)19)17(23)20-15-10-5-4-7-12(15)18-22-21-11(2)25-18/h4-10H,3H2,1-2H3,(H,20,23). The number of nitrogens with zero attached hydrogens (tertiary/aromatic N) is 2. The van der Waals surface area contributed by atoms with E-state index in [9.17, 15) is 9.18 Å². The van der Waals surface area contributed by atoms with Crippen molar-refractivity contribution in [3.8, 4) is 17.2 Å². The lowest BCUT2D eigenvalue weighted by molar-refractivity contribution is 0.102. The molecule has 0 spiro atoms. The summed E-state index contributed by atoms with van der Waals surface area (Å²) in [7, 11) is 0. The average Bonchev–Trinajstić information content (AvgIpc) is 3.03. The van der Waals surface area contributed by atoms with Crippen molar-refractivity contribution < 1.29 is 18.3 Å². The largest absolute Gasteiger partial charge is 0.490 e. The Morgan fingerprint density at radius 3 is 2.72 bits per heavy atom. The fraction of sp³-hybridized carbons (Fsp3) is 0.167. The van der Waals surface area contributed by atoms with Gasteiger partial charge in [0.2, 0.25) is 11.8 Å². The molecule has 0 saturated heterocycles. The molecule has 1 heterocycles. The molecular weight excluding hydrogens is 325 g/mol. The number of nitrogens with one attached hydrogen (secondary N) is 1. The first-order valence-corrected chi connectivity index (χ1v) is 7.72. The molecule has 1 amide bonds. The molecule has 2 aromatic carbocycles. The Balaban J connectivity index is 1.94. The predicted octanol–water partition coefficient (Wildman–Crippen LogP) is 3.84. The molecule has 0 unspecified atom stereocenters. The number of aryl methyl sites for hydroxylation is 1. The third-order valence-electron chi connectivity index (χ3n) is 3.43. The lowest BCUT2D eigenvalue weighted by Crippen LogP contribution is -2.15. The molecule has 0 aliphatic carbocycles. The van der Waals surface area contributed by atoms with E-state index < -0.39 is 11.7 Å². The molecule has 6 nitrogen and oxygen atoms in total. The van der Waals surface area contributed by atoms with E-state index in [1.165, 1.54) is 18.2 Å². The maximum absolute atomic E-state index is 13.9. The van der Waals surface area contributed by atoms with Gasteiger partial charge in [0.1, 0.15) is 0 Å². The van der Waals surface area contributed by atoms with Crippen LogP contribution in [0.25, 0.3) is 11.5 Å². The van der Waals surface area contributed by atoms with Crippen molar-refractivity contribution in [2.45, 2.75) is 13.8 Å². The Bertz CT molecular complexity index is 908. The number of benzene rings is 2. The maximum atomic E-state index is 13.9. The highest BCUT2D eigenvalue weighted by Gasteiger charge is 2.19. The summed E-state index contributed by atoms with van der Waals surface area (Å²) in [6.45, 7) is 3.65. The molecule has 0 saturated carbocycles. The van der Waals surface area contributed by atoms with Crippen molar-refractivity contribution in [2.24, 2.45) is 0 Å². The number of amides is 1. The number of ether oxygens (including phenoxy) is 1. The van der Waals surface area contributed by atoms with Gasteiger partial charge < -0.3 is 14.5 Å². The van der Waals surface area contributed by atoms with E-state index in [0.29, 0.717) is 17.1 Å². The van der Waals surface area contributed by atoms with Gasteiger partial charge in [0.15, 0.2) is 11.6 Å². The van der Waals surface area contributed by atoms with Crippen molar-refractivity contribution >= 4 is 11.6 Å². The van der Waals surface area contributed by atoms with E-state index >= 15 is 0 Å². The molecule has 128 valence electrons. The Morgan fingerprint density at radius 1 is 1.20 bits per heavy atom. The van der Waals surface area contributed by atoms with Crippen LogP contribution in [0.5, 0.6) is 5.75 Å². The van der Waals surface area contributed by atoms with Crippen LogP contribution in [0.3, 0.4) is 0 Å². The summed E-state index contributed by atoms with van der Waals surface area (Å²) in [5.41, 5.74) is 1.16. The van der Waals surface area contributed by atoms with E-state index in [0.717, 1.165) is 0 Å². The molecular formula is C18H16FN3O3. The van der Waals surface area contributed by atoms with E-state index in [-0.39, 0.29) is 23.8 Å². The summed E-state index contributed by atoms with van der Waals surface area (Å²) < 4.78 is 24.6. The van der Waals surface area contributed by atoms with E-state index in [1.54, 1.807) is 38.1 Å². The minimum Gasteiger partial charge on any atom is -0.490 e. The van der Waals surface area contributed by atoms with Crippen molar-refractivity contribution in [1.29, 1.82) is 0 Å². The van der Waals surface area contributed by atoms with Gasteiger partial charge in [-0.1, -0.05) is 18.2 Å². The Labute approximate surface area is 143 Å². The highest BCUT2D eigenvalue weighted by atomic mass is 19.1. The van der Waals surface area contributed by atoms with Crippen LogP contribution in [0.2, 0.25) is 0 Å². The van der Waals surface area contributed by atoms with Gasteiger partial charge in [-0.3, -0.25) is 4.79 Å². The molecule has 0 fully saturated rings. The molecule has 3 rings (SSSR count). The van der Waals surface area contributed by atoms with Crippen molar-refractivity contribution in [3.05, 3.63) is 59.7 Å². The number of para-hydroxylation sites is 2. The lowest BCUT2D eigenvalue weighted by atomic mass is 10.1. The first kappa shape index (κ1) is 16.6. The van der Waals surface area contributed by atoms with E-state index in [4.69, 9.17) is 9.15 Å². The second-order valence-electron chi connectivity index (χ2n) is 5.18. The van der Waals surface area contributed by atoms with Crippen LogP contribution in [0, 0.1) is 12.7 Å². The fourth-order valence-electron chi connectivity index (χ4n) is 2.35. The Morgan fingerprint density at radius 2 is 2.00 bits per heavy atom. The van der Waals surface area contributed by atoms with Crippen LogP contribution in [0.4, 0.5) is 10.1 Å². The number of rotatable bonds is 5. The zero-order valence-corrected chi connectivity index (χ0v) is 13.7. The van der Waals surface area contributed by atoms with Gasteiger partial charge >= 0.3 is 0 Å². The predicted molar refractivity (Wildman–Crippen MR) is 90.0 cm³/mol. The van der Waals surface area contributed by atoms with Gasteiger partial charge in [-0.25, -0.2) is 4.39 Å². The molecule has 0 radical (unpaired) electrons. The zero-order chi connectivity index (χ0) is 17.8. The third-order valence-corrected chi connectivity index (χ3v) is 3.43. The second kappa shape index (κ2) is 7.12. The number of carbonyl (C=O) groups excluding carboxylic acids is 1. The molecule has 1 N–H and O–H groups in total. The molecule has 0 atom stereocenters. The molecule has 3 aromatic rings. The fourth-order valence-corrected chi connectivity index (χ4v) is 2.35. The van der Waals surface area contributed by atoms with Crippen molar-refractivity contribution in [3.63, 3.8) is 0 Å². The summed E-state index contributed by atoms with van der Waals surface area (Å²) in [6, 6.07) is 11.2. The number of hydrogen-bond donors (Lipinski definition) is 1. The quantitative estimate of drug-likeness (QED) is 0.763. The van der Waals surface area contributed by atoms with Crippen LogP contribution in [0.1, 0.15) is 23.2 Å². The second-order valence-corrected chi connectivity index (χ2v) is 5.18. The smallest absolute Gasteiger partial charge is 0.259 e. The highest BCUT2D eigenvalue weighted by molar-refractivity contribution is 6.07. The topological polar surface area (TPSA) is 77.2 Å². The molecule has 0 aliphatic heterocycles. The molecule has 1 aromatic heterocycles. The van der Waals surface area contributed by atoms with Crippen LogP contribution < -0.4 is 10.1 Å². The molecule has 0 aliphatic rings. The van der Waals surface area contributed by atoms with Crippen LogP contribution in [0.15, 0.2) is 46.9 Å². The zero-order valence-electron chi connectivity index (χ0n) is 13.7. The number of anilines is 1. The van der Waals surface area contributed by atoms with Gasteiger partial charge in [0.05, 0.1) is 23.4 Å². The molecule has 7 heteroatoms. The summed E-state index contributed by atoms with van der Waals surface area (Å²) in [5, 5.41) is 10.5. The van der Waals surface area contributed by atoms with Gasteiger partial charge in [-0.15, -0.1) is 10.2 Å². The molecule has 25 heavy (non-hydrogen) atoms. The normalized spacial score (nSPS) is 10.5. The van der Waals surface area contributed by atoms with Crippen LogP contribution in [-0.2, 0) is 0 Å². The monoisotopic (exact) mass is 341 g/mol. The average molecular weight is 341 g/mol. The number of aromatic nitrogens is 2. The SMILES string of the molecule is CCOc1c(F)cccc1C(=O)Nc1ccccc1-c1nnc(C)o1. The number of halogens is 1. The Hall–Kier alpha value is -3.22. The number of carbonyl (C=O) groups is 1. The first-order chi connectivity index (χ1) is 12.1. The minimum absolute atomic E-state index is 0.0754.